The molecule has 0 bridgehead atoms. The second-order valence-corrected chi connectivity index (χ2v) is 8.24. The van der Waals surface area contributed by atoms with Gasteiger partial charge in [0.1, 0.15) is 11.5 Å². The van der Waals surface area contributed by atoms with Crippen LogP contribution in [0.1, 0.15) is 35.5 Å². The molecule has 0 atom stereocenters. The Balaban J connectivity index is 1.34. The third-order valence-corrected chi connectivity index (χ3v) is 5.79. The van der Waals surface area contributed by atoms with Crippen LogP contribution in [0.5, 0.6) is 0 Å². The Kier molecular flexibility index (Phi) is 6.35. The number of carbonyl (C=O) groups excluding carboxylic acids is 2. The minimum Gasteiger partial charge on any atom is -0.467 e. The number of benzene rings is 1. The molecule has 0 saturated heterocycles. The van der Waals surface area contributed by atoms with Gasteiger partial charge in [0.15, 0.2) is 5.13 Å². The first-order chi connectivity index (χ1) is 14.6. The van der Waals surface area contributed by atoms with Gasteiger partial charge in [-0.3, -0.25) is 9.59 Å². The number of nitrogens with one attached hydrogen (secondary N) is 2. The fourth-order valence-corrected chi connectivity index (χ4v) is 3.88. The van der Waals surface area contributed by atoms with Gasteiger partial charge in [-0.2, -0.15) is 0 Å². The summed E-state index contributed by atoms with van der Waals surface area (Å²) in [5, 5.41) is 8.86. The van der Waals surface area contributed by atoms with Crippen LogP contribution in [0, 0.1) is 0 Å². The molecule has 0 aliphatic heterocycles. The molecule has 0 radical (unpaired) electrons. The fourth-order valence-electron chi connectivity index (χ4n) is 3.00. The Bertz CT molecular complexity index is 1020. The molecule has 4 rings (SSSR count). The summed E-state index contributed by atoms with van der Waals surface area (Å²) in [6, 6.07) is 11.1. The van der Waals surface area contributed by atoms with Crippen LogP contribution in [0.4, 0.5) is 10.8 Å². The number of anilines is 2. The van der Waals surface area contributed by atoms with Crippen LogP contribution < -0.4 is 10.6 Å². The third kappa shape index (κ3) is 5.20. The van der Waals surface area contributed by atoms with Gasteiger partial charge in [0.25, 0.3) is 5.91 Å². The first-order valence-electron chi connectivity index (χ1n) is 9.67. The average Bonchev–Trinajstić information content (AvgIpc) is 3.24. The first-order valence-corrected chi connectivity index (χ1v) is 10.9. The van der Waals surface area contributed by atoms with Gasteiger partial charge in [0.2, 0.25) is 5.91 Å². The van der Waals surface area contributed by atoms with E-state index >= 15 is 0 Å². The predicted molar refractivity (Wildman–Crippen MR) is 116 cm³/mol. The maximum atomic E-state index is 13.0. The van der Waals surface area contributed by atoms with Gasteiger partial charge in [-0.05, 0) is 37.1 Å². The van der Waals surface area contributed by atoms with Crippen molar-refractivity contribution in [2.24, 2.45) is 0 Å². The van der Waals surface area contributed by atoms with Crippen LogP contribution in [0.15, 0.2) is 52.5 Å². The zero-order chi connectivity index (χ0) is 20.9. The Morgan fingerprint density at radius 1 is 1.23 bits per heavy atom. The molecule has 2 N–H and O–H groups in total. The zero-order valence-corrected chi connectivity index (χ0v) is 17.7. The van der Waals surface area contributed by atoms with Crippen molar-refractivity contribution >= 4 is 45.6 Å². The van der Waals surface area contributed by atoms with Crippen molar-refractivity contribution in [3.8, 4) is 0 Å². The Hall–Kier alpha value is -2.84. The number of nitrogens with zero attached hydrogens (tertiary/aromatic N) is 2. The van der Waals surface area contributed by atoms with Crippen molar-refractivity contribution in [2.75, 3.05) is 11.9 Å². The average molecular weight is 445 g/mol. The minimum absolute atomic E-state index is 0.121. The number of amides is 2. The van der Waals surface area contributed by atoms with Crippen LogP contribution in [0.2, 0.25) is 5.02 Å². The van der Waals surface area contributed by atoms with E-state index in [9.17, 15) is 9.59 Å². The Morgan fingerprint density at radius 2 is 2.07 bits per heavy atom. The summed E-state index contributed by atoms with van der Waals surface area (Å²) in [5.74, 6) is 0.420. The SMILES string of the molecule is O=C(CCN(C(=O)c1csc(Nc2ccccc2Cl)n1)C1CC1)NCc1ccco1. The van der Waals surface area contributed by atoms with Gasteiger partial charge < -0.3 is 20.0 Å². The predicted octanol–water partition coefficient (Wildman–Crippen LogP) is 4.44. The van der Waals surface area contributed by atoms with Crippen LogP contribution in [0.25, 0.3) is 0 Å². The topological polar surface area (TPSA) is 87.5 Å². The monoisotopic (exact) mass is 444 g/mol. The number of halogens is 1. The molecule has 3 aromatic rings. The summed E-state index contributed by atoms with van der Waals surface area (Å²) in [5.41, 5.74) is 1.11. The van der Waals surface area contributed by atoms with Gasteiger partial charge in [-0.1, -0.05) is 23.7 Å². The molecule has 30 heavy (non-hydrogen) atoms. The third-order valence-electron chi connectivity index (χ3n) is 4.71. The summed E-state index contributed by atoms with van der Waals surface area (Å²) in [6.07, 6.45) is 3.71. The molecule has 0 spiro atoms. The smallest absolute Gasteiger partial charge is 0.273 e. The molecule has 1 aromatic carbocycles. The lowest BCUT2D eigenvalue weighted by Crippen LogP contribution is -2.37. The molecule has 1 fully saturated rings. The van der Waals surface area contributed by atoms with E-state index in [1.807, 2.05) is 18.2 Å². The molecular formula is C21H21ClN4O3S. The Morgan fingerprint density at radius 3 is 2.80 bits per heavy atom. The van der Waals surface area contributed by atoms with Crippen LogP contribution >= 0.6 is 22.9 Å². The molecule has 9 heteroatoms. The second kappa shape index (κ2) is 9.32. The molecule has 0 unspecified atom stereocenters. The van der Waals surface area contributed by atoms with Crippen molar-refractivity contribution in [1.29, 1.82) is 0 Å². The van der Waals surface area contributed by atoms with E-state index in [0.29, 0.717) is 34.7 Å². The van der Waals surface area contributed by atoms with Crippen molar-refractivity contribution in [3.05, 3.63) is 64.5 Å². The van der Waals surface area contributed by atoms with Gasteiger partial charge in [0.05, 0.1) is 23.5 Å². The van der Waals surface area contributed by atoms with Crippen molar-refractivity contribution in [3.63, 3.8) is 0 Å². The maximum absolute atomic E-state index is 13.0. The number of furan rings is 1. The van der Waals surface area contributed by atoms with E-state index in [1.165, 1.54) is 11.3 Å². The highest BCUT2D eigenvalue weighted by Gasteiger charge is 2.34. The summed E-state index contributed by atoms with van der Waals surface area (Å²) >= 11 is 7.51. The second-order valence-electron chi connectivity index (χ2n) is 6.98. The molecule has 2 amide bonds. The molecule has 1 aliphatic carbocycles. The number of hydrogen-bond acceptors (Lipinski definition) is 6. The molecule has 2 aromatic heterocycles. The minimum atomic E-state index is -0.153. The normalized spacial score (nSPS) is 13.1. The number of aromatic nitrogens is 1. The van der Waals surface area contributed by atoms with E-state index in [2.05, 4.69) is 15.6 Å². The first kappa shape index (κ1) is 20.4. The van der Waals surface area contributed by atoms with E-state index < -0.39 is 0 Å². The molecule has 2 heterocycles. The number of para-hydroxylation sites is 1. The summed E-state index contributed by atoms with van der Waals surface area (Å²) in [7, 11) is 0. The standard InChI is InChI=1S/C21H21ClN4O3S/c22-16-5-1-2-6-17(16)24-21-25-18(13-30-21)20(28)26(14-7-8-14)10-9-19(27)23-12-15-4-3-11-29-15/h1-6,11,13-14H,7-10,12H2,(H,23,27)(H,24,25). The molecule has 1 aliphatic rings. The highest BCUT2D eigenvalue weighted by Crippen LogP contribution is 2.30. The highest BCUT2D eigenvalue weighted by molar-refractivity contribution is 7.14. The van der Waals surface area contributed by atoms with Gasteiger partial charge >= 0.3 is 0 Å². The number of rotatable bonds is 9. The van der Waals surface area contributed by atoms with E-state index in [1.54, 1.807) is 34.7 Å². The number of hydrogen-bond donors (Lipinski definition) is 2. The van der Waals surface area contributed by atoms with Gasteiger partial charge in [-0.15, -0.1) is 11.3 Å². The summed E-state index contributed by atoms with van der Waals surface area (Å²) in [6.45, 7) is 0.699. The van der Waals surface area contributed by atoms with Crippen molar-refractivity contribution < 1.29 is 14.0 Å². The lowest BCUT2D eigenvalue weighted by molar-refractivity contribution is -0.121. The van der Waals surface area contributed by atoms with Gasteiger partial charge in [0, 0.05) is 24.4 Å². The van der Waals surface area contributed by atoms with Gasteiger partial charge in [-0.25, -0.2) is 4.98 Å². The fraction of sp³-hybridized carbons (Fsp3) is 0.286. The van der Waals surface area contributed by atoms with E-state index in [4.69, 9.17) is 16.0 Å². The summed E-state index contributed by atoms with van der Waals surface area (Å²) in [4.78, 5) is 31.3. The lowest BCUT2D eigenvalue weighted by atomic mass is 10.3. The van der Waals surface area contributed by atoms with Crippen molar-refractivity contribution in [1.82, 2.24) is 15.2 Å². The van der Waals surface area contributed by atoms with Crippen LogP contribution in [-0.4, -0.2) is 34.3 Å². The largest absolute Gasteiger partial charge is 0.467 e. The maximum Gasteiger partial charge on any atom is 0.273 e. The number of thiazole rings is 1. The van der Waals surface area contributed by atoms with Crippen LogP contribution in [-0.2, 0) is 11.3 Å². The number of carbonyl (C=O) groups is 2. The molecule has 7 nitrogen and oxygen atoms in total. The molecule has 156 valence electrons. The molecular weight excluding hydrogens is 424 g/mol. The van der Waals surface area contributed by atoms with Crippen molar-refractivity contribution in [2.45, 2.75) is 31.8 Å². The highest BCUT2D eigenvalue weighted by atomic mass is 35.5. The molecule has 1 saturated carbocycles. The quantitative estimate of drug-likeness (QED) is 0.509. The zero-order valence-electron chi connectivity index (χ0n) is 16.1. The lowest BCUT2D eigenvalue weighted by Gasteiger charge is -2.21. The summed E-state index contributed by atoms with van der Waals surface area (Å²) < 4.78 is 5.21. The Labute approximate surface area is 183 Å². The van der Waals surface area contributed by atoms with E-state index in [0.717, 1.165) is 18.5 Å². The van der Waals surface area contributed by atoms with E-state index in [-0.39, 0.29) is 24.3 Å². The van der Waals surface area contributed by atoms with Crippen LogP contribution in [0.3, 0.4) is 0 Å².